The molecule has 2 N–H and O–H groups in total. The van der Waals surface area contributed by atoms with Crippen molar-refractivity contribution in [1.29, 1.82) is 0 Å². The molecule has 0 aliphatic carbocycles. The molecule has 0 radical (unpaired) electrons. The van der Waals surface area contributed by atoms with Gasteiger partial charge in [-0.25, -0.2) is 0 Å². The molecule has 0 spiro atoms. The van der Waals surface area contributed by atoms with E-state index in [4.69, 9.17) is 9.05 Å². The van der Waals surface area contributed by atoms with Gasteiger partial charge in [0.05, 0.1) is 39.9 Å². The number of nitrogens with zero attached hydrogens (tertiary/aromatic N) is 1. The Hall–Kier alpha value is -0.760. The maximum atomic E-state index is 13.0. The fraction of sp³-hybridized carbons (Fsp3) is 0.949. The lowest BCUT2D eigenvalue weighted by molar-refractivity contribution is -0.870. The fourth-order valence-corrected chi connectivity index (χ4v) is 10.00. The van der Waals surface area contributed by atoms with Crippen molar-refractivity contribution in [3.8, 4) is 0 Å². The standard InChI is InChI=1S/C59H119N2O6P/c1-6-8-10-12-14-16-18-20-22-24-26-28-30-31-33-35-37-39-41-43-45-47-49-51-53-59(63)60-57(56-67-68(64,65)66-55-54-61(3,4)5)58(62)52-50-48-46-44-42-40-38-36-34-32-29-27-25-23-21-19-17-15-13-11-9-7-2/h31,33,57-58,62H,6-30,32,34-56H2,1-5H3,(H-,60,63,64,65)/b33-31-. The normalized spacial score (nSPS) is 13.9. The van der Waals surface area contributed by atoms with Crippen molar-refractivity contribution in [3.05, 3.63) is 12.2 Å². The minimum absolute atomic E-state index is 0.0141. The number of phosphoric acid groups is 1. The van der Waals surface area contributed by atoms with Crippen LogP contribution >= 0.6 is 7.82 Å². The number of quaternary nitrogens is 1. The summed E-state index contributed by atoms with van der Waals surface area (Å²) >= 11 is 0. The molecule has 0 fully saturated rings. The molecule has 0 saturated carbocycles. The lowest BCUT2D eigenvalue weighted by Gasteiger charge is -2.30. The van der Waals surface area contributed by atoms with Gasteiger partial charge in [0.25, 0.3) is 7.82 Å². The number of carbonyl (C=O) groups is 1. The molecular weight excluding hydrogens is 864 g/mol. The smallest absolute Gasteiger partial charge is 0.268 e. The largest absolute Gasteiger partial charge is 0.756 e. The van der Waals surface area contributed by atoms with Crippen LogP contribution in [0.1, 0.15) is 309 Å². The molecule has 0 aromatic heterocycles. The van der Waals surface area contributed by atoms with E-state index in [1.807, 2.05) is 21.1 Å². The van der Waals surface area contributed by atoms with Gasteiger partial charge in [0.2, 0.25) is 5.91 Å². The third-order valence-corrected chi connectivity index (χ3v) is 15.0. The molecule has 0 heterocycles. The molecule has 0 rings (SSSR count). The highest BCUT2D eigenvalue weighted by atomic mass is 31.2. The van der Waals surface area contributed by atoms with Gasteiger partial charge in [0.1, 0.15) is 13.2 Å². The van der Waals surface area contributed by atoms with Gasteiger partial charge in [0, 0.05) is 6.42 Å². The molecule has 0 aliphatic rings. The first kappa shape index (κ1) is 67.2. The number of phosphoric ester groups is 1. The zero-order valence-corrected chi connectivity index (χ0v) is 47.2. The number of aliphatic hydroxyl groups is 1. The van der Waals surface area contributed by atoms with Crippen LogP contribution in [-0.4, -0.2) is 68.5 Å². The number of carbonyl (C=O) groups excluding carboxylic acids is 1. The van der Waals surface area contributed by atoms with E-state index >= 15 is 0 Å². The van der Waals surface area contributed by atoms with Crippen LogP contribution in [0.5, 0.6) is 0 Å². The molecule has 0 aliphatic heterocycles. The van der Waals surface area contributed by atoms with Crippen molar-refractivity contribution in [2.45, 2.75) is 321 Å². The first-order valence-electron chi connectivity index (χ1n) is 30.0. The Labute approximate surface area is 424 Å². The maximum absolute atomic E-state index is 13.0. The van der Waals surface area contributed by atoms with Gasteiger partial charge in [-0.2, -0.15) is 0 Å². The summed E-state index contributed by atoms with van der Waals surface area (Å²) < 4.78 is 23.5. The van der Waals surface area contributed by atoms with E-state index in [0.717, 1.165) is 38.5 Å². The first-order valence-corrected chi connectivity index (χ1v) is 31.5. The van der Waals surface area contributed by atoms with Crippen LogP contribution in [0.3, 0.4) is 0 Å². The van der Waals surface area contributed by atoms with Crippen molar-refractivity contribution < 1.29 is 32.9 Å². The summed E-state index contributed by atoms with van der Waals surface area (Å²) in [5, 5.41) is 14.0. The number of hydrogen-bond donors (Lipinski definition) is 2. The second-order valence-corrected chi connectivity index (χ2v) is 23.5. The van der Waals surface area contributed by atoms with Crippen LogP contribution in [0.15, 0.2) is 12.2 Å². The van der Waals surface area contributed by atoms with E-state index in [-0.39, 0.29) is 19.1 Å². The van der Waals surface area contributed by atoms with Gasteiger partial charge in [-0.15, -0.1) is 0 Å². The molecule has 0 bridgehead atoms. The number of aliphatic hydroxyl groups excluding tert-OH is 1. The Balaban J connectivity index is 4.13. The summed E-state index contributed by atoms with van der Waals surface area (Å²) in [4.78, 5) is 25.6. The third kappa shape index (κ3) is 53.0. The van der Waals surface area contributed by atoms with E-state index in [9.17, 15) is 19.4 Å². The monoisotopic (exact) mass is 983 g/mol. The number of allylic oxidation sites excluding steroid dienone is 2. The van der Waals surface area contributed by atoms with Gasteiger partial charge in [0.15, 0.2) is 0 Å². The van der Waals surface area contributed by atoms with Crippen molar-refractivity contribution in [2.75, 3.05) is 40.9 Å². The third-order valence-electron chi connectivity index (χ3n) is 14.0. The van der Waals surface area contributed by atoms with Crippen molar-refractivity contribution in [3.63, 3.8) is 0 Å². The zero-order chi connectivity index (χ0) is 49.9. The highest BCUT2D eigenvalue weighted by Gasteiger charge is 2.24. The topological polar surface area (TPSA) is 108 Å². The minimum atomic E-state index is -4.57. The number of nitrogens with one attached hydrogen (secondary N) is 1. The Bertz CT molecular complexity index is 1120. The molecule has 1 amide bonds. The zero-order valence-electron chi connectivity index (χ0n) is 46.3. The van der Waals surface area contributed by atoms with Crippen LogP contribution in [0.2, 0.25) is 0 Å². The van der Waals surface area contributed by atoms with Crippen LogP contribution < -0.4 is 10.2 Å². The summed E-state index contributed by atoms with van der Waals surface area (Å²) in [6.07, 6.45) is 62.5. The SMILES string of the molecule is CCCCCCCCCCCCCC/C=C\CCCCCCCCCCC(=O)NC(COP(=O)([O-])OCC[N+](C)(C)C)C(O)CCCCCCCCCCCCCCCCCCCCCCCC. The van der Waals surface area contributed by atoms with E-state index in [0.29, 0.717) is 23.9 Å². The predicted molar refractivity (Wildman–Crippen MR) is 293 cm³/mol. The Morgan fingerprint density at radius 2 is 0.809 bits per heavy atom. The van der Waals surface area contributed by atoms with E-state index in [1.54, 1.807) is 0 Å². The van der Waals surface area contributed by atoms with Crippen LogP contribution in [-0.2, 0) is 18.4 Å². The summed E-state index contributed by atoms with van der Waals surface area (Å²) in [6, 6.07) is -0.800. The fourth-order valence-electron chi connectivity index (χ4n) is 9.27. The van der Waals surface area contributed by atoms with Crippen molar-refractivity contribution in [1.82, 2.24) is 5.32 Å². The molecule has 0 aromatic rings. The number of likely N-dealkylation sites (N-methyl/N-ethyl adjacent to an activating group) is 1. The average molecular weight is 984 g/mol. The molecule has 68 heavy (non-hydrogen) atoms. The molecule has 3 atom stereocenters. The van der Waals surface area contributed by atoms with Gasteiger partial charge in [-0.3, -0.25) is 9.36 Å². The number of rotatable bonds is 56. The molecular formula is C59H119N2O6P. The summed E-state index contributed by atoms with van der Waals surface area (Å²) in [7, 11) is 1.32. The minimum Gasteiger partial charge on any atom is -0.756 e. The average Bonchev–Trinajstić information content (AvgIpc) is 3.30. The molecule has 406 valence electrons. The molecule has 8 nitrogen and oxygen atoms in total. The van der Waals surface area contributed by atoms with Crippen molar-refractivity contribution >= 4 is 13.7 Å². The summed E-state index contributed by atoms with van der Waals surface area (Å²) in [5.74, 6) is -0.162. The lowest BCUT2D eigenvalue weighted by atomic mass is 10.0. The second-order valence-electron chi connectivity index (χ2n) is 22.1. The van der Waals surface area contributed by atoms with Crippen LogP contribution in [0.25, 0.3) is 0 Å². The first-order chi connectivity index (χ1) is 33.0. The Morgan fingerprint density at radius 1 is 0.500 bits per heavy atom. The number of hydrogen-bond acceptors (Lipinski definition) is 6. The summed E-state index contributed by atoms with van der Waals surface area (Å²) in [6.45, 7) is 4.77. The highest BCUT2D eigenvalue weighted by Crippen LogP contribution is 2.38. The molecule has 0 aromatic carbocycles. The lowest BCUT2D eigenvalue weighted by Crippen LogP contribution is -2.46. The number of amides is 1. The van der Waals surface area contributed by atoms with E-state index in [2.05, 4.69) is 31.3 Å². The summed E-state index contributed by atoms with van der Waals surface area (Å²) in [5.41, 5.74) is 0. The van der Waals surface area contributed by atoms with E-state index in [1.165, 1.54) is 244 Å². The predicted octanol–water partition coefficient (Wildman–Crippen LogP) is 17.6. The molecule has 9 heteroatoms. The quantitative estimate of drug-likeness (QED) is 0.0272. The highest BCUT2D eigenvalue weighted by molar-refractivity contribution is 7.45. The van der Waals surface area contributed by atoms with Gasteiger partial charge >= 0.3 is 0 Å². The van der Waals surface area contributed by atoms with Gasteiger partial charge in [-0.1, -0.05) is 276 Å². The van der Waals surface area contributed by atoms with Crippen LogP contribution in [0, 0.1) is 0 Å². The molecule has 3 unspecified atom stereocenters. The Kier molecular flexibility index (Phi) is 50.6. The number of unbranched alkanes of at least 4 members (excludes halogenated alkanes) is 41. The van der Waals surface area contributed by atoms with Gasteiger partial charge in [-0.05, 0) is 38.5 Å². The molecule has 0 saturated heterocycles. The van der Waals surface area contributed by atoms with Gasteiger partial charge < -0.3 is 28.8 Å². The Morgan fingerprint density at radius 3 is 1.15 bits per heavy atom. The van der Waals surface area contributed by atoms with Crippen LogP contribution in [0.4, 0.5) is 0 Å². The van der Waals surface area contributed by atoms with E-state index < -0.39 is 20.0 Å². The second kappa shape index (κ2) is 51.2. The van der Waals surface area contributed by atoms with Crippen molar-refractivity contribution in [2.24, 2.45) is 0 Å². The maximum Gasteiger partial charge on any atom is 0.268 e.